The monoisotopic (exact) mass is 513 g/mol. The van der Waals surface area contributed by atoms with E-state index in [0.29, 0.717) is 18.5 Å². The Labute approximate surface area is 215 Å². The van der Waals surface area contributed by atoms with Crippen LogP contribution in [0.3, 0.4) is 0 Å². The second kappa shape index (κ2) is 10.4. The van der Waals surface area contributed by atoms with Gasteiger partial charge in [0.1, 0.15) is 17.1 Å². The molecule has 0 saturated carbocycles. The molecule has 5 rings (SSSR count). The van der Waals surface area contributed by atoms with Crippen molar-refractivity contribution in [3.63, 3.8) is 0 Å². The molecule has 8 nitrogen and oxygen atoms in total. The first-order valence-corrected chi connectivity index (χ1v) is 13.4. The molecule has 0 aliphatic rings. The molecule has 9 heteroatoms. The van der Waals surface area contributed by atoms with Crippen LogP contribution in [0.1, 0.15) is 28.2 Å². The van der Waals surface area contributed by atoms with Gasteiger partial charge < -0.3 is 9.72 Å². The summed E-state index contributed by atoms with van der Waals surface area (Å²) in [4.78, 5) is 17.1. The number of rotatable bonds is 9. The van der Waals surface area contributed by atoms with E-state index in [2.05, 4.69) is 19.7 Å². The first-order chi connectivity index (χ1) is 17.9. The molecule has 0 spiro atoms. The van der Waals surface area contributed by atoms with Crippen molar-refractivity contribution in [3.05, 3.63) is 107 Å². The van der Waals surface area contributed by atoms with Crippen LogP contribution in [-0.2, 0) is 29.3 Å². The molecule has 0 bridgehead atoms. The number of ether oxygens (including phenoxy) is 1. The maximum absolute atomic E-state index is 12.7. The smallest absolute Gasteiger partial charge is 0.261 e. The van der Waals surface area contributed by atoms with Crippen LogP contribution in [0.5, 0.6) is 5.75 Å². The van der Waals surface area contributed by atoms with Crippen LogP contribution in [0.25, 0.3) is 11.2 Å². The predicted octanol–water partition coefficient (Wildman–Crippen LogP) is 4.85. The van der Waals surface area contributed by atoms with Crippen molar-refractivity contribution in [2.24, 2.45) is 0 Å². The number of pyridine rings is 2. The first kappa shape index (κ1) is 24.5. The largest absolute Gasteiger partial charge is 0.497 e. The van der Waals surface area contributed by atoms with E-state index in [4.69, 9.17) is 9.72 Å². The number of aryl methyl sites for hydroxylation is 3. The van der Waals surface area contributed by atoms with Crippen LogP contribution in [0.2, 0.25) is 0 Å². The van der Waals surface area contributed by atoms with Gasteiger partial charge in [-0.15, -0.1) is 0 Å². The fourth-order valence-electron chi connectivity index (χ4n) is 4.03. The van der Waals surface area contributed by atoms with Gasteiger partial charge in [-0.1, -0.05) is 29.8 Å². The second-order valence-electron chi connectivity index (χ2n) is 8.87. The van der Waals surface area contributed by atoms with Gasteiger partial charge in [-0.2, -0.15) is 0 Å². The Morgan fingerprint density at radius 1 is 0.919 bits per heavy atom. The standard InChI is InChI=1S/C28H27N5O3S/c1-19-3-7-22(8-4-19)33-37(34,35)25-10-5-20(6-11-25)15-21-16-26-28(30-18-21)32-27(31-26)12-9-23-17-24(36-2)13-14-29-23/h3-8,10-11,13-14,16-18,33H,9,12,15H2,1-2H3,(H,30,31,32). The van der Waals surface area contributed by atoms with Gasteiger partial charge >= 0.3 is 0 Å². The third kappa shape index (κ3) is 5.95. The number of imidazole rings is 1. The molecule has 0 atom stereocenters. The van der Waals surface area contributed by atoms with Crippen molar-refractivity contribution in [1.29, 1.82) is 0 Å². The highest BCUT2D eigenvalue weighted by atomic mass is 32.2. The number of anilines is 1. The normalized spacial score (nSPS) is 11.5. The van der Waals surface area contributed by atoms with Gasteiger partial charge in [0.25, 0.3) is 10.0 Å². The minimum absolute atomic E-state index is 0.216. The Balaban J connectivity index is 1.24. The number of H-pyrrole nitrogens is 1. The molecule has 2 aromatic carbocycles. The van der Waals surface area contributed by atoms with Gasteiger partial charge in [0.05, 0.1) is 12.0 Å². The molecule has 3 aromatic heterocycles. The predicted molar refractivity (Wildman–Crippen MR) is 143 cm³/mol. The number of aromatic amines is 1. The van der Waals surface area contributed by atoms with Gasteiger partial charge in [-0.25, -0.2) is 18.4 Å². The number of aromatic nitrogens is 4. The lowest BCUT2D eigenvalue weighted by Gasteiger charge is -2.09. The maximum Gasteiger partial charge on any atom is 0.261 e. The van der Waals surface area contributed by atoms with E-state index in [1.54, 1.807) is 37.6 Å². The second-order valence-corrected chi connectivity index (χ2v) is 10.6. The fraction of sp³-hybridized carbons (Fsp3) is 0.179. The third-order valence-corrected chi connectivity index (χ3v) is 7.43. The molecule has 3 heterocycles. The number of hydrogen-bond acceptors (Lipinski definition) is 6. The molecule has 2 N–H and O–H groups in total. The minimum atomic E-state index is -3.66. The molecule has 37 heavy (non-hydrogen) atoms. The summed E-state index contributed by atoms with van der Waals surface area (Å²) < 4.78 is 33.4. The van der Waals surface area contributed by atoms with E-state index in [1.165, 1.54) is 0 Å². The van der Waals surface area contributed by atoms with Crippen molar-refractivity contribution < 1.29 is 13.2 Å². The van der Waals surface area contributed by atoms with Crippen LogP contribution < -0.4 is 9.46 Å². The summed E-state index contributed by atoms with van der Waals surface area (Å²) in [6.45, 7) is 1.96. The summed E-state index contributed by atoms with van der Waals surface area (Å²) in [5.41, 5.74) is 6.05. The molecule has 0 fully saturated rings. The third-order valence-electron chi connectivity index (χ3n) is 6.03. The number of nitrogens with one attached hydrogen (secondary N) is 2. The van der Waals surface area contributed by atoms with E-state index in [0.717, 1.165) is 51.5 Å². The summed E-state index contributed by atoms with van der Waals surface area (Å²) in [5, 5.41) is 0. The Bertz CT molecular complexity index is 1630. The summed E-state index contributed by atoms with van der Waals surface area (Å²) in [5.74, 6) is 1.63. The van der Waals surface area contributed by atoms with Crippen LogP contribution in [0.4, 0.5) is 5.69 Å². The highest BCUT2D eigenvalue weighted by molar-refractivity contribution is 7.92. The van der Waals surface area contributed by atoms with E-state index in [-0.39, 0.29) is 4.90 Å². The zero-order valence-corrected chi connectivity index (χ0v) is 21.4. The van der Waals surface area contributed by atoms with E-state index < -0.39 is 10.0 Å². The highest BCUT2D eigenvalue weighted by Gasteiger charge is 2.14. The van der Waals surface area contributed by atoms with Gasteiger partial charge in [-0.3, -0.25) is 9.71 Å². The van der Waals surface area contributed by atoms with Crippen LogP contribution in [-0.4, -0.2) is 35.5 Å². The topological polar surface area (TPSA) is 110 Å². The lowest BCUT2D eigenvalue weighted by atomic mass is 10.1. The van der Waals surface area contributed by atoms with Gasteiger partial charge in [0.15, 0.2) is 5.65 Å². The number of fused-ring (bicyclic) bond motifs is 1. The minimum Gasteiger partial charge on any atom is -0.497 e. The molecular weight excluding hydrogens is 486 g/mol. The van der Waals surface area contributed by atoms with E-state index in [9.17, 15) is 8.42 Å². The number of sulfonamides is 1. The zero-order valence-electron chi connectivity index (χ0n) is 20.6. The van der Waals surface area contributed by atoms with Crippen molar-refractivity contribution in [3.8, 4) is 5.75 Å². The SMILES string of the molecule is COc1ccnc(CCc2nc3cc(Cc4ccc(S(=O)(=O)Nc5ccc(C)cc5)cc4)cnc3[nH]2)c1. The molecule has 0 unspecified atom stereocenters. The lowest BCUT2D eigenvalue weighted by molar-refractivity contribution is 0.413. The summed E-state index contributed by atoms with van der Waals surface area (Å²) in [6.07, 6.45) is 5.61. The number of nitrogens with zero attached hydrogens (tertiary/aromatic N) is 3. The van der Waals surface area contributed by atoms with Crippen LogP contribution in [0.15, 0.2) is 84.0 Å². The van der Waals surface area contributed by atoms with Gasteiger partial charge in [-0.05, 0) is 67.3 Å². The average molecular weight is 514 g/mol. The summed E-state index contributed by atoms with van der Waals surface area (Å²) in [7, 11) is -2.02. The fourth-order valence-corrected chi connectivity index (χ4v) is 5.08. The van der Waals surface area contributed by atoms with Crippen molar-refractivity contribution in [2.75, 3.05) is 11.8 Å². The summed E-state index contributed by atoms with van der Waals surface area (Å²) >= 11 is 0. The Kier molecular flexibility index (Phi) is 6.87. The molecular formula is C28H27N5O3S. The Morgan fingerprint density at radius 3 is 2.46 bits per heavy atom. The molecule has 0 radical (unpaired) electrons. The van der Waals surface area contributed by atoms with Crippen molar-refractivity contribution >= 4 is 26.9 Å². The van der Waals surface area contributed by atoms with E-state index >= 15 is 0 Å². The molecule has 188 valence electrons. The maximum atomic E-state index is 12.7. The lowest BCUT2D eigenvalue weighted by Crippen LogP contribution is -2.12. The number of hydrogen-bond donors (Lipinski definition) is 2. The molecule has 5 aromatic rings. The quantitative estimate of drug-likeness (QED) is 0.292. The van der Waals surface area contributed by atoms with E-state index in [1.807, 2.05) is 55.6 Å². The van der Waals surface area contributed by atoms with Gasteiger partial charge in [0, 0.05) is 36.3 Å². The molecule has 0 saturated heterocycles. The van der Waals surface area contributed by atoms with Crippen molar-refractivity contribution in [2.45, 2.75) is 31.1 Å². The number of methoxy groups -OCH3 is 1. The van der Waals surface area contributed by atoms with Crippen LogP contribution in [0, 0.1) is 6.92 Å². The molecule has 0 amide bonds. The Hall–Kier alpha value is -4.24. The van der Waals surface area contributed by atoms with Crippen LogP contribution >= 0.6 is 0 Å². The first-order valence-electron chi connectivity index (χ1n) is 11.9. The van der Waals surface area contributed by atoms with Gasteiger partial charge in [0.2, 0.25) is 0 Å². The van der Waals surface area contributed by atoms with Crippen molar-refractivity contribution in [1.82, 2.24) is 19.9 Å². The zero-order chi connectivity index (χ0) is 25.8. The highest BCUT2D eigenvalue weighted by Crippen LogP contribution is 2.20. The summed E-state index contributed by atoms with van der Waals surface area (Å²) in [6, 6.07) is 19.9. The Morgan fingerprint density at radius 2 is 1.70 bits per heavy atom. The average Bonchev–Trinajstić information content (AvgIpc) is 3.31. The molecule has 0 aliphatic carbocycles. The number of benzene rings is 2. The molecule has 0 aliphatic heterocycles.